The van der Waals surface area contributed by atoms with E-state index in [9.17, 15) is 14.4 Å². The first-order valence-electron chi connectivity index (χ1n) is 10.1. The smallest absolute Gasteiger partial charge is 0.258 e. The molecule has 0 radical (unpaired) electrons. The second-order valence-electron chi connectivity index (χ2n) is 7.32. The average molecular weight is 407 g/mol. The fourth-order valence-corrected chi connectivity index (χ4v) is 3.42. The van der Waals surface area contributed by atoms with Gasteiger partial charge < -0.3 is 0 Å². The minimum absolute atomic E-state index is 0.0127. The molecule has 152 valence electrons. The fraction of sp³-hybridized carbons (Fsp3) is 0.0741. The van der Waals surface area contributed by atoms with E-state index in [0.717, 1.165) is 24.0 Å². The number of aryl methyl sites for hydroxylation is 2. The van der Waals surface area contributed by atoms with Crippen molar-refractivity contribution in [2.24, 2.45) is 0 Å². The highest BCUT2D eigenvalue weighted by molar-refractivity contribution is 6.28. The maximum atomic E-state index is 12.2. The molecule has 0 spiro atoms. The highest BCUT2D eigenvalue weighted by Gasteiger charge is 2.24. The number of hydrogen-bond acceptors (Lipinski definition) is 3. The minimum Gasteiger partial charge on any atom is -0.289 e. The lowest BCUT2D eigenvalue weighted by molar-refractivity contribution is -0.119. The Labute approximate surface area is 181 Å². The summed E-state index contributed by atoms with van der Waals surface area (Å²) in [5.41, 5.74) is 4.57. The second kappa shape index (κ2) is 9.18. The lowest BCUT2D eigenvalue weighted by Gasteiger charge is -2.14. The average Bonchev–Trinajstić information content (AvgIpc) is 3.15. The monoisotopic (exact) mass is 407 g/mol. The Bertz CT molecular complexity index is 1140. The largest absolute Gasteiger partial charge is 0.289 e. The first-order valence-corrected chi connectivity index (χ1v) is 10.1. The molecule has 0 aliphatic carbocycles. The molecule has 2 amide bonds. The van der Waals surface area contributed by atoms with Gasteiger partial charge in [-0.15, -0.1) is 0 Å². The summed E-state index contributed by atoms with van der Waals surface area (Å²) in [5, 5.41) is 0. The molecule has 1 heterocycles. The predicted octanol–water partition coefficient (Wildman–Crippen LogP) is 4.80. The van der Waals surface area contributed by atoms with Crippen molar-refractivity contribution in [3.05, 3.63) is 119 Å². The second-order valence-corrected chi connectivity index (χ2v) is 7.32. The Hall–Kier alpha value is -4.05. The number of carbonyl (C=O) groups is 3. The molecular weight excluding hydrogens is 386 g/mol. The van der Waals surface area contributed by atoms with Crippen LogP contribution >= 0.6 is 0 Å². The Morgan fingerprint density at radius 1 is 0.710 bits per heavy atom. The minimum atomic E-state index is -0.308. The summed E-state index contributed by atoms with van der Waals surface area (Å²) in [4.78, 5) is 36.8. The Morgan fingerprint density at radius 2 is 1.26 bits per heavy atom. The topological polar surface area (TPSA) is 54.5 Å². The summed E-state index contributed by atoms with van der Waals surface area (Å²) in [5.74, 6) is -0.629. The summed E-state index contributed by atoms with van der Waals surface area (Å²) in [7, 11) is 0. The van der Waals surface area contributed by atoms with E-state index >= 15 is 0 Å². The summed E-state index contributed by atoms with van der Waals surface area (Å²) in [6.07, 6.45) is 7.71. The molecule has 0 unspecified atom stereocenters. The summed E-state index contributed by atoms with van der Waals surface area (Å²) >= 11 is 0. The van der Waals surface area contributed by atoms with Crippen molar-refractivity contribution in [3.63, 3.8) is 0 Å². The molecule has 4 nitrogen and oxygen atoms in total. The number of allylic oxidation sites excluding steroid dienone is 1. The van der Waals surface area contributed by atoms with Gasteiger partial charge in [0.15, 0.2) is 5.78 Å². The molecule has 0 saturated heterocycles. The lowest BCUT2D eigenvalue weighted by atomic mass is 10.0. The van der Waals surface area contributed by atoms with E-state index in [1.807, 2.05) is 48.5 Å². The third kappa shape index (κ3) is 4.93. The molecule has 31 heavy (non-hydrogen) atoms. The van der Waals surface area contributed by atoms with Crippen LogP contribution in [-0.2, 0) is 22.4 Å². The van der Waals surface area contributed by atoms with Crippen LogP contribution in [0.3, 0.4) is 0 Å². The highest BCUT2D eigenvalue weighted by atomic mass is 16.2. The van der Waals surface area contributed by atoms with Crippen LogP contribution in [-0.4, -0.2) is 17.6 Å². The van der Waals surface area contributed by atoms with E-state index in [1.165, 1.54) is 22.6 Å². The third-order valence-electron chi connectivity index (χ3n) is 5.17. The Balaban J connectivity index is 1.32. The van der Waals surface area contributed by atoms with Crippen LogP contribution in [0.25, 0.3) is 6.08 Å². The van der Waals surface area contributed by atoms with Gasteiger partial charge in [0.2, 0.25) is 0 Å². The number of benzene rings is 3. The van der Waals surface area contributed by atoms with Gasteiger partial charge >= 0.3 is 0 Å². The molecule has 0 N–H and O–H groups in total. The van der Waals surface area contributed by atoms with Gasteiger partial charge in [-0.2, -0.15) is 0 Å². The van der Waals surface area contributed by atoms with Gasteiger partial charge in [0, 0.05) is 17.7 Å². The van der Waals surface area contributed by atoms with Crippen LogP contribution in [0.4, 0.5) is 5.69 Å². The Morgan fingerprint density at radius 3 is 1.84 bits per heavy atom. The fourth-order valence-electron chi connectivity index (χ4n) is 3.42. The molecule has 4 heteroatoms. The molecular formula is C27H21NO3. The molecule has 3 aromatic rings. The Kier molecular flexibility index (Phi) is 5.99. The van der Waals surface area contributed by atoms with Crippen molar-refractivity contribution in [2.75, 3.05) is 4.90 Å². The molecule has 0 bridgehead atoms. The van der Waals surface area contributed by atoms with Crippen LogP contribution in [0.5, 0.6) is 0 Å². The van der Waals surface area contributed by atoms with Crippen LogP contribution in [0.15, 0.2) is 97.1 Å². The number of anilines is 1. The van der Waals surface area contributed by atoms with Crippen molar-refractivity contribution in [1.82, 2.24) is 0 Å². The van der Waals surface area contributed by atoms with Gasteiger partial charge in [0.25, 0.3) is 11.8 Å². The summed E-state index contributed by atoms with van der Waals surface area (Å²) in [6.45, 7) is 0. The number of ketones is 1. The SMILES string of the molecule is O=C(C=Cc1ccc(CCc2ccc(N3C(=O)C=CC3=O)cc2)cc1)c1ccccc1. The standard InChI is InChI=1S/C27H21NO3/c29-25(23-4-2-1-3-5-23)17-14-21-9-6-20(7-10-21)8-11-22-12-15-24(16-13-22)28-26(30)18-19-27(28)31/h1-7,9-10,12-19H,8,11H2. The highest BCUT2D eigenvalue weighted by Crippen LogP contribution is 2.20. The number of imide groups is 1. The maximum Gasteiger partial charge on any atom is 0.258 e. The third-order valence-corrected chi connectivity index (χ3v) is 5.17. The van der Waals surface area contributed by atoms with Gasteiger partial charge in [-0.1, -0.05) is 72.8 Å². The lowest BCUT2D eigenvalue weighted by Crippen LogP contribution is -2.29. The van der Waals surface area contributed by atoms with Gasteiger partial charge in [0.05, 0.1) is 5.69 Å². The maximum absolute atomic E-state index is 12.2. The number of amides is 2. The van der Waals surface area contributed by atoms with E-state index in [-0.39, 0.29) is 17.6 Å². The van der Waals surface area contributed by atoms with Gasteiger partial charge in [-0.3, -0.25) is 14.4 Å². The zero-order valence-corrected chi connectivity index (χ0v) is 16.9. The molecule has 0 fully saturated rings. The number of nitrogens with zero attached hydrogens (tertiary/aromatic N) is 1. The van der Waals surface area contributed by atoms with Crippen molar-refractivity contribution in [2.45, 2.75) is 12.8 Å². The summed E-state index contributed by atoms with van der Waals surface area (Å²) in [6, 6.07) is 24.8. The van der Waals surface area contributed by atoms with Gasteiger partial charge in [0.1, 0.15) is 0 Å². The number of rotatable bonds is 7. The number of hydrogen-bond donors (Lipinski definition) is 0. The molecule has 0 saturated carbocycles. The first kappa shape index (κ1) is 20.2. The zero-order chi connectivity index (χ0) is 21.6. The van der Waals surface area contributed by atoms with Crippen LogP contribution in [0.1, 0.15) is 27.0 Å². The van der Waals surface area contributed by atoms with E-state index in [2.05, 4.69) is 12.1 Å². The normalized spacial score (nSPS) is 13.4. The predicted molar refractivity (Wildman–Crippen MR) is 122 cm³/mol. The van der Waals surface area contributed by atoms with Crippen molar-refractivity contribution >= 4 is 29.4 Å². The quantitative estimate of drug-likeness (QED) is 0.321. The zero-order valence-electron chi connectivity index (χ0n) is 16.9. The van der Waals surface area contributed by atoms with Gasteiger partial charge in [-0.05, 0) is 47.7 Å². The van der Waals surface area contributed by atoms with Crippen LogP contribution in [0.2, 0.25) is 0 Å². The number of carbonyl (C=O) groups excluding carboxylic acids is 3. The van der Waals surface area contributed by atoms with Crippen LogP contribution < -0.4 is 4.90 Å². The molecule has 1 aliphatic heterocycles. The molecule has 4 rings (SSSR count). The van der Waals surface area contributed by atoms with E-state index in [0.29, 0.717) is 11.3 Å². The summed E-state index contributed by atoms with van der Waals surface area (Å²) < 4.78 is 0. The van der Waals surface area contributed by atoms with Crippen molar-refractivity contribution < 1.29 is 14.4 Å². The first-order chi connectivity index (χ1) is 15.1. The van der Waals surface area contributed by atoms with E-state index < -0.39 is 0 Å². The van der Waals surface area contributed by atoms with E-state index in [4.69, 9.17) is 0 Å². The van der Waals surface area contributed by atoms with Crippen molar-refractivity contribution in [1.29, 1.82) is 0 Å². The molecule has 0 aromatic heterocycles. The molecule has 1 aliphatic rings. The molecule has 3 aromatic carbocycles. The van der Waals surface area contributed by atoms with Crippen LogP contribution in [0, 0.1) is 0 Å². The van der Waals surface area contributed by atoms with E-state index in [1.54, 1.807) is 30.3 Å². The van der Waals surface area contributed by atoms with Crippen molar-refractivity contribution in [3.8, 4) is 0 Å². The van der Waals surface area contributed by atoms with Gasteiger partial charge in [-0.25, -0.2) is 4.90 Å². The molecule has 0 atom stereocenters.